The molecule has 0 spiro atoms. The van der Waals surface area contributed by atoms with Crippen LogP contribution in [0.15, 0.2) is 58.1 Å². The van der Waals surface area contributed by atoms with Gasteiger partial charge in [-0.1, -0.05) is 94.4 Å². The summed E-state index contributed by atoms with van der Waals surface area (Å²) in [6.45, 7) is 24.4. The Morgan fingerprint density at radius 3 is 1.46 bits per heavy atom. The normalized spacial score (nSPS) is 23.0. The summed E-state index contributed by atoms with van der Waals surface area (Å²) in [6, 6.07) is 0. The van der Waals surface area contributed by atoms with Gasteiger partial charge in [0.2, 0.25) is 5.78 Å². The van der Waals surface area contributed by atoms with Crippen molar-refractivity contribution >= 4 is 17.5 Å². The highest BCUT2D eigenvalue weighted by molar-refractivity contribution is 6.32. The smallest absolute Gasteiger partial charge is 0.265 e. The average molecular weight is 1200 g/mol. The van der Waals surface area contributed by atoms with Crippen LogP contribution in [0.3, 0.4) is 0 Å². The van der Waals surface area contributed by atoms with E-state index in [-0.39, 0.29) is 116 Å². The Bertz CT molecular complexity index is 2140. The summed E-state index contributed by atoms with van der Waals surface area (Å²) in [5.74, 6) is -5.20. The third-order valence-corrected chi connectivity index (χ3v) is 17.5. The van der Waals surface area contributed by atoms with Crippen molar-refractivity contribution < 1.29 is 91.0 Å². The van der Waals surface area contributed by atoms with Gasteiger partial charge in [0.25, 0.3) is 5.91 Å². The third-order valence-electron chi connectivity index (χ3n) is 17.5. The number of ketones is 2. The predicted octanol–water partition coefficient (Wildman–Crippen LogP) is 5.41. The van der Waals surface area contributed by atoms with Crippen LogP contribution in [0.25, 0.3) is 0 Å². The number of hydrogen-bond donors (Lipinski definition) is 15. The summed E-state index contributed by atoms with van der Waals surface area (Å²) < 4.78 is 0. The molecule has 84 heavy (non-hydrogen) atoms. The third kappa shape index (κ3) is 26.2. The number of likely N-dealkylation sites (tertiary alicyclic amines) is 1. The molecule has 0 aromatic carbocycles. The van der Waals surface area contributed by atoms with Gasteiger partial charge in [0, 0.05) is 37.1 Å². The van der Waals surface area contributed by atoms with Crippen molar-refractivity contribution in [2.75, 3.05) is 7.05 Å². The quantitative estimate of drug-likeness (QED) is 0.0157. The van der Waals surface area contributed by atoms with Crippen molar-refractivity contribution in [1.82, 2.24) is 4.90 Å². The molecule has 1 rings (SSSR count). The first-order valence-electron chi connectivity index (χ1n) is 30.9. The molecule has 15 N–H and O–H groups in total. The van der Waals surface area contributed by atoms with E-state index < -0.39 is 126 Å². The molecule has 0 aliphatic carbocycles. The number of carbonyl (C=O) groups excluding carboxylic acids is 3. The number of amides is 1. The van der Waals surface area contributed by atoms with Crippen LogP contribution in [-0.4, -0.2) is 191 Å². The molecule has 1 aliphatic rings. The minimum absolute atomic E-state index is 0.000161. The van der Waals surface area contributed by atoms with Crippen molar-refractivity contribution in [3.05, 3.63) is 58.1 Å². The van der Waals surface area contributed by atoms with Gasteiger partial charge in [0.1, 0.15) is 11.3 Å². The van der Waals surface area contributed by atoms with Crippen molar-refractivity contribution in [1.29, 1.82) is 0 Å². The SMILES string of the molecule is CC(=CC(O)C(O)CC(O)CC(O)C(C)CCC(O)CC(O)CCC(C)C(O)C(C)C(O)C(C)C)C(=O)C(C)C=C(C)C(O)C(C)C(O)CCCC(O)C(C)C(O)C(C)CCC(O)CC(O)CC=C(C)C(O)=C1C(=O)C(=CC(C)C)N(C)C1=O. The highest BCUT2D eigenvalue weighted by Gasteiger charge is 2.40. The van der Waals surface area contributed by atoms with E-state index in [1.165, 1.54) is 37.9 Å². The zero-order valence-electron chi connectivity index (χ0n) is 53.4. The van der Waals surface area contributed by atoms with Crippen LogP contribution in [-0.2, 0) is 14.4 Å². The zero-order valence-corrected chi connectivity index (χ0v) is 53.4. The minimum atomic E-state index is -1.52. The van der Waals surface area contributed by atoms with Crippen LogP contribution in [0, 0.1) is 53.3 Å². The molecule has 0 radical (unpaired) electrons. The number of aliphatic hydroxyl groups is 15. The van der Waals surface area contributed by atoms with Gasteiger partial charge in [-0.3, -0.25) is 14.4 Å². The molecule has 0 bridgehead atoms. The minimum Gasteiger partial charge on any atom is -0.507 e. The Balaban J connectivity index is 2.59. The standard InChI is InChI=1S/C65H115NO18/c1-34(2)27-51-64(83)57(65(84)66(51)15)63(82)39(8)22-26-49(70)31-47(68)24-20-37(6)60(79)43(12)52(72)17-16-18-53(73)44(13)62(81)41(10)28-40(9)59(78)42(11)29-55(75)56(76)33-50(71)32-54(74)36(5)19-23-46(67)30-48(69)25-21-38(7)61(80)45(14)58(77)35(3)4/h22,27-29,34-38,40,43-50,52-56,58,60-62,67-77,79-82H,16-21,23-26,30-33H2,1-15H3. The summed E-state index contributed by atoms with van der Waals surface area (Å²) in [5, 5.41) is 162. The monoisotopic (exact) mass is 1200 g/mol. The lowest BCUT2D eigenvalue weighted by molar-refractivity contribution is -0.123. The molecular weight excluding hydrogens is 1080 g/mol. The Morgan fingerprint density at radius 1 is 0.500 bits per heavy atom. The Kier molecular flexibility index (Phi) is 35.8. The van der Waals surface area contributed by atoms with Crippen LogP contribution in [0.4, 0.5) is 0 Å². The maximum absolute atomic E-state index is 13.4. The number of Topliss-reactive ketones (excluding diaryl/α,β-unsaturated/α-hetero) is 2. The van der Waals surface area contributed by atoms with Crippen LogP contribution < -0.4 is 0 Å². The van der Waals surface area contributed by atoms with Crippen molar-refractivity contribution in [3.8, 4) is 0 Å². The molecule has 0 saturated carbocycles. The van der Waals surface area contributed by atoms with Crippen LogP contribution in [0.2, 0.25) is 0 Å². The molecule has 1 aliphatic heterocycles. The lowest BCUT2D eigenvalue weighted by atomic mass is 9.82. The molecular formula is C65H115NO18. The summed E-state index contributed by atoms with van der Waals surface area (Å²) in [6.07, 6.45) is -5.44. The number of hydrogen-bond acceptors (Lipinski definition) is 18. The summed E-state index contributed by atoms with van der Waals surface area (Å²) in [4.78, 5) is 40.2. The average Bonchev–Trinajstić information content (AvgIpc) is 3.61. The molecule has 19 nitrogen and oxygen atoms in total. The predicted molar refractivity (Wildman–Crippen MR) is 324 cm³/mol. The van der Waals surface area contributed by atoms with E-state index >= 15 is 0 Å². The molecule has 0 aromatic rings. The fourth-order valence-corrected chi connectivity index (χ4v) is 11.1. The molecule has 1 amide bonds. The molecule has 488 valence electrons. The van der Waals surface area contributed by atoms with Gasteiger partial charge in [-0.15, -0.1) is 0 Å². The molecule has 1 heterocycles. The molecule has 1 saturated heterocycles. The number of allylic oxidation sites excluding steroid dienone is 5. The van der Waals surface area contributed by atoms with E-state index in [1.54, 1.807) is 60.6 Å². The van der Waals surface area contributed by atoms with Gasteiger partial charge in [-0.05, 0) is 157 Å². The highest BCUT2D eigenvalue weighted by Crippen LogP contribution is 2.31. The van der Waals surface area contributed by atoms with Gasteiger partial charge < -0.3 is 81.5 Å². The van der Waals surface area contributed by atoms with Gasteiger partial charge in [-0.2, -0.15) is 0 Å². The molecule has 1 fully saturated rings. The maximum atomic E-state index is 13.4. The van der Waals surface area contributed by atoms with Crippen molar-refractivity contribution in [3.63, 3.8) is 0 Å². The Hall–Kier alpha value is -3.25. The van der Waals surface area contributed by atoms with Crippen molar-refractivity contribution in [2.24, 2.45) is 53.3 Å². The van der Waals surface area contributed by atoms with E-state index in [0.29, 0.717) is 37.7 Å². The van der Waals surface area contributed by atoms with Crippen LogP contribution in [0.5, 0.6) is 0 Å². The fourth-order valence-electron chi connectivity index (χ4n) is 11.1. The first-order valence-corrected chi connectivity index (χ1v) is 30.9. The van der Waals surface area contributed by atoms with E-state index in [4.69, 9.17) is 0 Å². The second-order valence-electron chi connectivity index (χ2n) is 26.1. The van der Waals surface area contributed by atoms with Gasteiger partial charge in [-0.25, -0.2) is 0 Å². The summed E-state index contributed by atoms with van der Waals surface area (Å²) in [7, 11) is 1.46. The maximum Gasteiger partial charge on any atom is 0.265 e. The second-order valence-corrected chi connectivity index (χ2v) is 26.1. The number of carbonyl (C=O) groups is 3. The highest BCUT2D eigenvalue weighted by atomic mass is 16.3. The van der Waals surface area contributed by atoms with E-state index in [1.807, 2.05) is 34.6 Å². The number of aliphatic hydroxyl groups excluding tert-OH is 15. The molecule has 19 heteroatoms. The fraction of sp³-hybridized carbons (Fsp3) is 0.800. The second kappa shape index (κ2) is 38.2. The summed E-state index contributed by atoms with van der Waals surface area (Å²) in [5.41, 5.74) is 0.649. The van der Waals surface area contributed by atoms with Gasteiger partial charge >= 0.3 is 0 Å². The Morgan fingerprint density at radius 2 is 0.964 bits per heavy atom. The molecule has 21 atom stereocenters. The van der Waals surface area contributed by atoms with Crippen LogP contribution >= 0.6 is 0 Å². The first-order chi connectivity index (χ1) is 38.9. The number of rotatable bonds is 41. The summed E-state index contributed by atoms with van der Waals surface area (Å²) >= 11 is 0. The van der Waals surface area contributed by atoms with Crippen LogP contribution in [0.1, 0.15) is 187 Å². The largest absolute Gasteiger partial charge is 0.507 e. The molecule has 0 aromatic heterocycles. The number of nitrogens with zero attached hydrogens (tertiary/aromatic N) is 1. The Labute approximate surface area is 502 Å². The first kappa shape index (κ1) is 78.8. The van der Waals surface area contributed by atoms with E-state index in [0.717, 1.165) is 0 Å². The lowest BCUT2D eigenvalue weighted by Crippen LogP contribution is -2.37. The lowest BCUT2D eigenvalue weighted by Gasteiger charge is -2.31. The van der Waals surface area contributed by atoms with E-state index in [2.05, 4.69) is 0 Å². The van der Waals surface area contributed by atoms with Crippen molar-refractivity contribution in [2.45, 2.75) is 272 Å². The van der Waals surface area contributed by atoms with Gasteiger partial charge in [0.05, 0.1) is 91.2 Å². The number of likely N-dealkylation sites (N-methyl/N-ethyl adjacent to an activating group) is 1. The topological polar surface area (TPSA) is 358 Å². The van der Waals surface area contributed by atoms with E-state index in [9.17, 15) is 91.0 Å². The van der Waals surface area contributed by atoms with Gasteiger partial charge in [0.15, 0.2) is 5.78 Å². The zero-order chi connectivity index (χ0) is 64.8. The molecule has 21 unspecified atom stereocenters.